The number of nitrogens with zero attached hydrogens (tertiary/aromatic N) is 1. The van der Waals surface area contributed by atoms with Crippen LogP contribution in [0.25, 0.3) is 0 Å². The molecule has 0 aliphatic heterocycles. The monoisotopic (exact) mass is 197 g/mol. The van der Waals surface area contributed by atoms with Crippen molar-refractivity contribution in [3.63, 3.8) is 0 Å². The maximum atomic E-state index is 4.41. The van der Waals surface area contributed by atoms with Crippen molar-refractivity contribution < 1.29 is 0 Å². The van der Waals surface area contributed by atoms with E-state index in [1.54, 1.807) is 11.3 Å². The highest BCUT2D eigenvalue weighted by Gasteiger charge is 2.05. The lowest BCUT2D eigenvalue weighted by Gasteiger charge is -2.06. The number of aryl methyl sites for hydroxylation is 2. The van der Waals surface area contributed by atoms with Gasteiger partial charge in [0.15, 0.2) is 0 Å². The summed E-state index contributed by atoms with van der Waals surface area (Å²) in [5, 5.41) is 0. The molecule has 0 bridgehead atoms. The van der Waals surface area contributed by atoms with Crippen LogP contribution in [-0.2, 0) is 12.8 Å². The first-order chi connectivity index (χ1) is 6.27. The van der Waals surface area contributed by atoms with Crippen LogP contribution in [0.1, 0.15) is 44.2 Å². The third-order valence-corrected chi connectivity index (χ3v) is 3.64. The molecule has 0 saturated carbocycles. The third kappa shape index (κ3) is 3.11. The first kappa shape index (κ1) is 10.7. The fraction of sp³-hybridized carbons (Fsp3) is 0.727. The second-order valence-corrected chi connectivity index (χ2v) is 4.57. The quantitative estimate of drug-likeness (QED) is 0.701. The van der Waals surface area contributed by atoms with E-state index in [1.165, 1.54) is 29.8 Å². The second kappa shape index (κ2) is 5.38. The summed E-state index contributed by atoms with van der Waals surface area (Å²) < 4.78 is 0. The van der Waals surface area contributed by atoms with E-state index in [1.807, 2.05) is 5.51 Å². The van der Waals surface area contributed by atoms with Crippen molar-refractivity contribution in [2.45, 2.75) is 46.5 Å². The van der Waals surface area contributed by atoms with Gasteiger partial charge in [-0.15, -0.1) is 11.3 Å². The summed E-state index contributed by atoms with van der Waals surface area (Å²) in [6.07, 6.45) is 4.88. The molecule has 0 N–H and O–H groups in total. The summed E-state index contributed by atoms with van der Waals surface area (Å²) >= 11 is 1.80. The van der Waals surface area contributed by atoms with Gasteiger partial charge in [-0.3, -0.25) is 0 Å². The first-order valence-electron chi connectivity index (χ1n) is 5.19. The summed E-state index contributed by atoms with van der Waals surface area (Å²) in [4.78, 5) is 5.89. The largest absolute Gasteiger partial charge is 0.249 e. The second-order valence-electron chi connectivity index (χ2n) is 3.63. The number of rotatable bonds is 5. The molecule has 0 amide bonds. The molecule has 0 saturated heterocycles. The maximum absolute atomic E-state index is 4.41. The molecule has 1 nitrogen and oxygen atoms in total. The molecule has 1 heterocycles. The fourth-order valence-electron chi connectivity index (χ4n) is 1.37. The van der Waals surface area contributed by atoms with Gasteiger partial charge in [-0.1, -0.05) is 27.2 Å². The van der Waals surface area contributed by atoms with Crippen molar-refractivity contribution in [2.24, 2.45) is 5.92 Å². The minimum absolute atomic E-state index is 0.839. The predicted molar refractivity (Wildman–Crippen MR) is 59.3 cm³/mol. The van der Waals surface area contributed by atoms with Crippen molar-refractivity contribution >= 4 is 11.3 Å². The smallest absolute Gasteiger partial charge is 0.0797 e. The molecule has 0 aliphatic rings. The molecule has 0 fully saturated rings. The molecule has 1 atom stereocenters. The molecule has 74 valence electrons. The van der Waals surface area contributed by atoms with Gasteiger partial charge < -0.3 is 0 Å². The molecular formula is C11H19NS. The normalized spacial score (nSPS) is 13.2. The van der Waals surface area contributed by atoms with Gasteiger partial charge in [-0.2, -0.15) is 0 Å². The highest BCUT2D eigenvalue weighted by Crippen LogP contribution is 2.18. The van der Waals surface area contributed by atoms with Gasteiger partial charge in [0.05, 0.1) is 11.2 Å². The molecule has 0 spiro atoms. The van der Waals surface area contributed by atoms with Crippen molar-refractivity contribution in [3.8, 4) is 0 Å². The lowest BCUT2D eigenvalue weighted by Crippen LogP contribution is -1.97. The average Bonchev–Trinajstić information content (AvgIpc) is 2.61. The van der Waals surface area contributed by atoms with E-state index in [9.17, 15) is 0 Å². The summed E-state index contributed by atoms with van der Waals surface area (Å²) in [6.45, 7) is 6.78. The summed E-state index contributed by atoms with van der Waals surface area (Å²) in [6, 6.07) is 0. The number of hydrogen-bond acceptors (Lipinski definition) is 2. The van der Waals surface area contributed by atoms with E-state index < -0.39 is 0 Å². The van der Waals surface area contributed by atoms with Crippen LogP contribution in [0.5, 0.6) is 0 Å². The molecule has 0 radical (unpaired) electrons. The number of thiazole rings is 1. The Morgan fingerprint density at radius 1 is 1.46 bits per heavy atom. The molecule has 13 heavy (non-hydrogen) atoms. The number of aromatic nitrogens is 1. The van der Waals surface area contributed by atoms with Crippen LogP contribution < -0.4 is 0 Å². The Kier molecular flexibility index (Phi) is 4.43. The summed E-state index contributed by atoms with van der Waals surface area (Å²) in [7, 11) is 0. The minimum atomic E-state index is 0.839. The lowest BCUT2D eigenvalue weighted by atomic mass is 10.0. The van der Waals surface area contributed by atoms with Crippen molar-refractivity contribution in [3.05, 3.63) is 16.1 Å². The summed E-state index contributed by atoms with van der Waals surface area (Å²) in [5.41, 5.74) is 3.32. The van der Waals surface area contributed by atoms with E-state index in [-0.39, 0.29) is 0 Å². The minimum Gasteiger partial charge on any atom is -0.249 e. The Hall–Kier alpha value is -0.370. The van der Waals surface area contributed by atoms with Crippen LogP contribution in [0.4, 0.5) is 0 Å². The van der Waals surface area contributed by atoms with Crippen molar-refractivity contribution in [2.75, 3.05) is 0 Å². The first-order valence-corrected chi connectivity index (χ1v) is 6.07. The van der Waals surface area contributed by atoms with Crippen molar-refractivity contribution in [1.29, 1.82) is 0 Å². The summed E-state index contributed by atoms with van der Waals surface area (Å²) in [5.74, 6) is 0.839. The van der Waals surface area contributed by atoms with E-state index in [2.05, 4.69) is 25.8 Å². The highest BCUT2D eigenvalue weighted by molar-refractivity contribution is 7.09. The molecule has 0 unspecified atom stereocenters. The Bertz CT molecular complexity index is 242. The van der Waals surface area contributed by atoms with E-state index in [0.29, 0.717) is 0 Å². The Morgan fingerprint density at radius 3 is 2.85 bits per heavy atom. The van der Waals surface area contributed by atoms with Crippen LogP contribution in [0.3, 0.4) is 0 Å². The topological polar surface area (TPSA) is 12.9 Å². The van der Waals surface area contributed by atoms with Gasteiger partial charge in [0, 0.05) is 4.88 Å². The molecule has 0 aromatic carbocycles. The Labute approximate surface area is 85.2 Å². The zero-order valence-corrected chi connectivity index (χ0v) is 9.66. The van der Waals surface area contributed by atoms with E-state index in [0.717, 1.165) is 12.3 Å². The number of hydrogen-bond donors (Lipinski definition) is 0. The SMILES string of the molecule is CCc1scnc1CC[C@@H](C)CC. The maximum Gasteiger partial charge on any atom is 0.0797 e. The zero-order valence-electron chi connectivity index (χ0n) is 8.84. The van der Waals surface area contributed by atoms with Crippen LogP contribution >= 0.6 is 11.3 Å². The Morgan fingerprint density at radius 2 is 2.23 bits per heavy atom. The van der Waals surface area contributed by atoms with Crippen LogP contribution in [0.15, 0.2) is 5.51 Å². The van der Waals surface area contributed by atoms with E-state index >= 15 is 0 Å². The van der Waals surface area contributed by atoms with Gasteiger partial charge in [-0.25, -0.2) is 4.98 Å². The van der Waals surface area contributed by atoms with Crippen LogP contribution in [-0.4, -0.2) is 4.98 Å². The average molecular weight is 197 g/mol. The van der Waals surface area contributed by atoms with Crippen LogP contribution in [0, 0.1) is 5.92 Å². The molecular weight excluding hydrogens is 178 g/mol. The standard InChI is InChI=1S/C11H19NS/c1-4-9(3)6-7-10-11(5-2)13-8-12-10/h8-9H,4-7H2,1-3H3/t9-/m0/s1. The van der Waals surface area contributed by atoms with Gasteiger partial charge in [0.1, 0.15) is 0 Å². The van der Waals surface area contributed by atoms with Gasteiger partial charge >= 0.3 is 0 Å². The zero-order chi connectivity index (χ0) is 9.68. The van der Waals surface area contributed by atoms with E-state index in [4.69, 9.17) is 0 Å². The van der Waals surface area contributed by atoms with Gasteiger partial charge in [-0.05, 0) is 25.2 Å². The molecule has 1 aromatic rings. The highest BCUT2D eigenvalue weighted by atomic mass is 32.1. The van der Waals surface area contributed by atoms with Crippen LogP contribution in [0.2, 0.25) is 0 Å². The predicted octanol–water partition coefficient (Wildman–Crippen LogP) is 3.68. The molecule has 1 rings (SSSR count). The molecule has 0 aliphatic carbocycles. The molecule has 1 aromatic heterocycles. The van der Waals surface area contributed by atoms with Gasteiger partial charge in [0.25, 0.3) is 0 Å². The Balaban J connectivity index is 2.44. The fourth-order valence-corrected chi connectivity index (χ4v) is 2.14. The lowest BCUT2D eigenvalue weighted by molar-refractivity contribution is 0.513. The van der Waals surface area contributed by atoms with Crippen molar-refractivity contribution in [1.82, 2.24) is 4.98 Å². The third-order valence-electron chi connectivity index (χ3n) is 2.62. The molecule has 2 heteroatoms. The van der Waals surface area contributed by atoms with Gasteiger partial charge in [0.2, 0.25) is 0 Å².